The van der Waals surface area contributed by atoms with Gasteiger partial charge in [0.05, 0.1) is 24.2 Å². The van der Waals surface area contributed by atoms with Crippen LogP contribution in [0.4, 0.5) is 0 Å². The lowest BCUT2D eigenvalue weighted by Crippen LogP contribution is -2.28. The molecule has 0 aliphatic rings. The number of ether oxygens (including phenoxy) is 1. The highest BCUT2D eigenvalue weighted by atomic mass is 35.5. The molecule has 0 unspecified atom stereocenters. The van der Waals surface area contributed by atoms with Crippen molar-refractivity contribution in [3.05, 3.63) is 106 Å². The number of rotatable bonds is 9. The molecule has 4 aromatic carbocycles. The fraction of sp³-hybridized carbons (Fsp3) is 0.152. The van der Waals surface area contributed by atoms with Gasteiger partial charge in [0.2, 0.25) is 0 Å². The summed E-state index contributed by atoms with van der Waals surface area (Å²) >= 11 is 11.7. The Bertz CT molecular complexity index is 1980. The van der Waals surface area contributed by atoms with Gasteiger partial charge in [0.25, 0.3) is 10.7 Å². The molecule has 0 fully saturated rings. The van der Waals surface area contributed by atoms with E-state index >= 15 is 0 Å². The van der Waals surface area contributed by atoms with E-state index in [1.165, 1.54) is 0 Å². The predicted molar refractivity (Wildman–Crippen MR) is 171 cm³/mol. The van der Waals surface area contributed by atoms with Crippen LogP contribution in [0.3, 0.4) is 0 Å². The molecular formula is C33H28ClN5O3S. The third-order valence-electron chi connectivity index (χ3n) is 7.28. The molecule has 1 atom stereocenters. The standard InChI is InChI=1S/C33H28ClN5O3S/c1-3-7-27(19-8-5-4-6-9-19)37-32(40)20-10-13-23(26(16-20)31-38-33(43)42-39-31)25-17-21(34)11-14-24(25)30-35-28-15-12-22(41-2)18-29(28)36-30/h4-6,8-18,27H,3,7H2,1-2H3,(H,35,36)(H,37,40)(H,38,39,43)/t27-/m1/s1. The van der Waals surface area contributed by atoms with Crippen LogP contribution < -0.4 is 10.1 Å². The summed E-state index contributed by atoms with van der Waals surface area (Å²) in [4.78, 5) is 25.0. The molecule has 2 aromatic heterocycles. The van der Waals surface area contributed by atoms with Gasteiger partial charge in [0, 0.05) is 27.8 Å². The number of hydrogen-bond acceptors (Lipinski definition) is 6. The summed E-state index contributed by atoms with van der Waals surface area (Å²) in [5.41, 5.74) is 6.15. The zero-order chi connectivity index (χ0) is 29.9. The number of H-pyrrole nitrogens is 2. The van der Waals surface area contributed by atoms with Gasteiger partial charge < -0.3 is 19.6 Å². The van der Waals surface area contributed by atoms with Crippen molar-refractivity contribution in [1.29, 1.82) is 0 Å². The van der Waals surface area contributed by atoms with Crippen LogP contribution in [0.25, 0.3) is 44.9 Å². The first-order chi connectivity index (χ1) is 20.9. The Morgan fingerprint density at radius 3 is 2.51 bits per heavy atom. The highest BCUT2D eigenvalue weighted by Crippen LogP contribution is 2.39. The smallest absolute Gasteiger partial charge is 0.295 e. The molecule has 0 spiro atoms. The first kappa shape index (κ1) is 28.4. The molecule has 0 radical (unpaired) electrons. The van der Waals surface area contributed by atoms with E-state index in [0.717, 1.165) is 46.1 Å². The van der Waals surface area contributed by atoms with Crippen LogP contribution in [0.15, 0.2) is 89.5 Å². The average Bonchev–Trinajstić information content (AvgIpc) is 3.66. The molecule has 0 saturated heterocycles. The van der Waals surface area contributed by atoms with Crippen LogP contribution in [0.1, 0.15) is 41.7 Å². The molecule has 216 valence electrons. The van der Waals surface area contributed by atoms with Crippen molar-refractivity contribution in [3.8, 4) is 39.7 Å². The van der Waals surface area contributed by atoms with Crippen LogP contribution in [0, 0.1) is 4.84 Å². The summed E-state index contributed by atoms with van der Waals surface area (Å²) in [7, 11) is 1.62. The normalized spacial score (nSPS) is 11.9. The average molecular weight is 610 g/mol. The zero-order valence-electron chi connectivity index (χ0n) is 23.5. The minimum Gasteiger partial charge on any atom is -0.497 e. The monoisotopic (exact) mass is 609 g/mol. The molecule has 3 N–H and O–H groups in total. The maximum Gasteiger partial charge on any atom is 0.295 e. The number of aromatic amines is 2. The Morgan fingerprint density at radius 1 is 0.953 bits per heavy atom. The highest BCUT2D eigenvalue weighted by molar-refractivity contribution is 7.71. The van der Waals surface area contributed by atoms with E-state index in [0.29, 0.717) is 33.5 Å². The van der Waals surface area contributed by atoms with Crippen molar-refractivity contribution < 1.29 is 14.1 Å². The van der Waals surface area contributed by atoms with Gasteiger partial charge in [-0.05, 0) is 77.8 Å². The van der Waals surface area contributed by atoms with Crippen molar-refractivity contribution in [2.75, 3.05) is 7.11 Å². The van der Waals surface area contributed by atoms with Crippen molar-refractivity contribution >= 4 is 40.8 Å². The molecule has 0 aliphatic heterocycles. The molecule has 0 aliphatic carbocycles. The maximum absolute atomic E-state index is 13.6. The molecule has 6 aromatic rings. The predicted octanol–water partition coefficient (Wildman–Crippen LogP) is 8.54. The topological polar surface area (TPSA) is 109 Å². The summed E-state index contributed by atoms with van der Waals surface area (Å²) in [5, 5.41) is 7.90. The Morgan fingerprint density at radius 2 is 1.77 bits per heavy atom. The second kappa shape index (κ2) is 12.2. The summed E-state index contributed by atoms with van der Waals surface area (Å²) in [5.74, 6) is 1.56. The number of halogens is 1. The van der Waals surface area contributed by atoms with Crippen molar-refractivity contribution in [2.24, 2.45) is 0 Å². The minimum absolute atomic E-state index is 0.120. The van der Waals surface area contributed by atoms with Crippen molar-refractivity contribution in [3.63, 3.8) is 0 Å². The summed E-state index contributed by atoms with van der Waals surface area (Å²) in [6.45, 7) is 2.10. The molecule has 6 rings (SSSR count). The zero-order valence-corrected chi connectivity index (χ0v) is 25.1. The van der Waals surface area contributed by atoms with Crippen LogP contribution in [0.2, 0.25) is 5.02 Å². The van der Waals surface area contributed by atoms with Crippen LogP contribution in [-0.4, -0.2) is 33.1 Å². The van der Waals surface area contributed by atoms with Crippen LogP contribution in [-0.2, 0) is 0 Å². The Labute approximate surface area is 258 Å². The number of hydrogen-bond donors (Lipinski definition) is 3. The third-order valence-corrected chi connectivity index (χ3v) is 7.69. The van der Waals surface area contributed by atoms with Crippen molar-refractivity contribution in [2.45, 2.75) is 25.8 Å². The number of fused-ring (bicyclic) bond motifs is 1. The lowest BCUT2D eigenvalue weighted by atomic mass is 9.92. The summed E-state index contributed by atoms with van der Waals surface area (Å²) in [6.07, 6.45) is 1.73. The number of nitrogens with one attached hydrogen (secondary N) is 3. The van der Waals surface area contributed by atoms with E-state index in [4.69, 9.17) is 38.1 Å². The largest absolute Gasteiger partial charge is 0.497 e. The van der Waals surface area contributed by atoms with Crippen molar-refractivity contribution in [1.82, 2.24) is 25.4 Å². The van der Waals surface area contributed by atoms with Crippen LogP contribution >= 0.6 is 23.8 Å². The number of carbonyl (C=O) groups excluding carboxylic acids is 1. The third kappa shape index (κ3) is 5.95. The Balaban J connectivity index is 1.45. The number of carbonyl (C=O) groups is 1. The SMILES string of the molecule is CCC[C@@H](NC(=O)c1ccc(-c2cc(Cl)ccc2-c2nc3cc(OC)ccc3[nH]2)c(-c2noc(=S)[nH]2)c1)c1ccccc1. The second-order valence-electron chi connectivity index (χ2n) is 10.1. The molecule has 2 heterocycles. The molecule has 8 nitrogen and oxygen atoms in total. The van der Waals surface area contributed by atoms with E-state index in [-0.39, 0.29) is 16.8 Å². The van der Waals surface area contributed by atoms with Gasteiger partial charge in [-0.15, -0.1) is 0 Å². The second-order valence-corrected chi connectivity index (χ2v) is 10.9. The van der Waals surface area contributed by atoms with E-state index in [1.54, 1.807) is 19.2 Å². The first-order valence-corrected chi connectivity index (χ1v) is 14.6. The number of aromatic nitrogens is 4. The lowest BCUT2D eigenvalue weighted by molar-refractivity contribution is 0.0934. The van der Waals surface area contributed by atoms with Gasteiger partial charge in [-0.25, -0.2) is 4.98 Å². The first-order valence-electron chi connectivity index (χ1n) is 13.8. The Kier molecular flexibility index (Phi) is 8.09. The maximum atomic E-state index is 13.6. The van der Waals surface area contributed by atoms with E-state index < -0.39 is 0 Å². The number of imidazole rings is 1. The highest BCUT2D eigenvalue weighted by Gasteiger charge is 2.21. The van der Waals surface area contributed by atoms with Gasteiger partial charge in [-0.2, -0.15) is 0 Å². The minimum atomic E-state index is -0.199. The van der Waals surface area contributed by atoms with E-state index in [2.05, 4.69) is 27.4 Å². The fourth-order valence-corrected chi connectivity index (χ4v) is 5.49. The van der Waals surface area contributed by atoms with Gasteiger partial charge in [-0.3, -0.25) is 9.78 Å². The van der Waals surface area contributed by atoms with Gasteiger partial charge in [0.15, 0.2) is 5.82 Å². The number of methoxy groups -OCH3 is 1. The molecule has 0 bridgehead atoms. The van der Waals surface area contributed by atoms with Gasteiger partial charge >= 0.3 is 0 Å². The van der Waals surface area contributed by atoms with Crippen LogP contribution in [0.5, 0.6) is 5.75 Å². The molecular weight excluding hydrogens is 582 g/mol. The quantitative estimate of drug-likeness (QED) is 0.142. The summed E-state index contributed by atoms with van der Waals surface area (Å²) in [6, 6.07) is 26.6. The van der Waals surface area contributed by atoms with Gasteiger partial charge in [-0.1, -0.05) is 66.5 Å². The number of nitrogens with zero attached hydrogens (tertiary/aromatic N) is 2. The lowest BCUT2D eigenvalue weighted by Gasteiger charge is -2.19. The molecule has 43 heavy (non-hydrogen) atoms. The fourth-order valence-electron chi connectivity index (χ4n) is 5.19. The van der Waals surface area contributed by atoms with E-state index in [9.17, 15) is 4.79 Å². The molecule has 10 heteroatoms. The molecule has 1 amide bonds. The van der Waals surface area contributed by atoms with E-state index in [1.807, 2.05) is 72.8 Å². The number of amides is 1. The number of benzene rings is 4. The summed E-state index contributed by atoms with van der Waals surface area (Å²) < 4.78 is 10.6. The Hall–Kier alpha value is -4.73. The molecule has 0 saturated carbocycles. The van der Waals surface area contributed by atoms with Gasteiger partial charge in [0.1, 0.15) is 11.6 Å².